The summed E-state index contributed by atoms with van der Waals surface area (Å²) in [5.74, 6) is -0.914. The van der Waals surface area contributed by atoms with Crippen LogP contribution in [0.5, 0.6) is 0 Å². The number of hydrogen-bond donors (Lipinski definition) is 1. The van der Waals surface area contributed by atoms with Crippen molar-refractivity contribution >= 4 is 29.3 Å². The highest BCUT2D eigenvalue weighted by atomic mass is 32.1. The Kier molecular flexibility index (Phi) is 5.14. The van der Waals surface area contributed by atoms with Crippen LogP contribution >= 0.6 is 11.3 Å². The molecule has 0 bridgehead atoms. The number of carbonyl (C=O) groups excluding carboxylic acids is 1. The van der Waals surface area contributed by atoms with Gasteiger partial charge in [-0.1, -0.05) is 0 Å². The number of ether oxygens (including phenoxy) is 1. The summed E-state index contributed by atoms with van der Waals surface area (Å²) in [6.45, 7) is 3.12. The largest absolute Gasteiger partial charge is 0.478 e. The highest BCUT2D eigenvalue weighted by Gasteiger charge is 2.32. The summed E-state index contributed by atoms with van der Waals surface area (Å²) in [6.07, 6.45) is 3.42. The van der Waals surface area contributed by atoms with Gasteiger partial charge in [0.05, 0.1) is 18.6 Å². The van der Waals surface area contributed by atoms with E-state index in [1.807, 2.05) is 18.4 Å². The first-order valence-corrected chi connectivity index (χ1v) is 7.70. The minimum Gasteiger partial charge on any atom is -0.478 e. The van der Waals surface area contributed by atoms with E-state index in [9.17, 15) is 9.59 Å². The Labute approximate surface area is 127 Å². The van der Waals surface area contributed by atoms with Crippen LogP contribution in [-0.2, 0) is 20.9 Å². The van der Waals surface area contributed by atoms with Gasteiger partial charge < -0.3 is 14.7 Å². The molecule has 1 aromatic rings. The van der Waals surface area contributed by atoms with Crippen molar-refractivity contribution in [2.24, 2.45) is 5.92 Å². The van der Waals surface area contributed by atoms with E-state index >= 15 is 0 Å². The van der Waals surface area contributed by atoms with E-state index in [1.54, 1.807) is 18.0 Å². The predicted molar refractivity (Wildman–Crippen MR) is 81.0 cm³/mol. The lowest BCUT2D eigenvalue weighted by Crippen LogP contribution is -2.35. The van der Waals surface area contributed by atoms with Gasteiger partial charge in [-0.05, 0) is 36.4 Å². The molecule has 0 aromatic carbocycles. The number of thiophene rings is 1. The van der Waals surface area contributed by atoms with E-state index in [-0.39, 0.29) is 17.9 Å². The molecule has 1 fully saturated rings. The quantitative estimate of drug-likeness (QED) is 0.847. The number of aliphatic carboxylic acids is 1. The van der Waals surface area contributed by atoms with Gasteiger partial charge in [-0.15, -0.1) is 11.3 Å². The van der Waals surface area contributed by atoms with E-state index in [4.69, 9.17) is 9.84 Å². The van der Waals surface area contributed by atoms with Gasteiger partial charge in [-0.25, -0.2) is 4.79 Å². The van der Waals surface area contributed by atoms with Crippen LogP contribution in [0.4, 0.5) is 0 Å². The summed E-state index contributed by atoms with van der Waals surface area (Å²) < 4.78 is 5.44. The van der Waals surface area contributed by atoms with E-state index in [0.29, 0.717) is 13.2 Å². The molecule has 2 unspecified atom stereocenters. The van der Waals surface area contributed by atoms with Crippen LogP contribution in [-0.4, -0.2) is 41.6 Å². The van der Waals surface area contributed by atoms with Gasteiger partial charge in [0.1, 0.15) is 0 Å². The zero-order valence-electron chi connectivity index (χ0n) is 12.1. The average molecular weight is 309 g/mol. The summed E-state index contributed by atoms with van der Waals surface area (Å²) >= 11 is 1.52. The number of amides is 1. The molecule has 114 valence electrons. The van der Waals surface area contributed by atoms with E-state index in [2.05, 4.69) is 0 Å². The van der Waals surface area contributed by atoms with Gasteiger partial charge >= 0.3 is 5.97 Å². The molecule has 1 aliphatic heterocycles. The highest BCUT2D eigenvalue weighted by Crippen LogP contribution is 2.24. The number of hydrogen-bond acceptors (Lipinski definition) is 4. The van der Waals surface area contributed by atoms with Crippen LogP contribution in [0.1, 0.15) is 23.8 Å². The van der Waals surface area contributed by atoms with Crippen LogP contribution in [0.3, 0.4) is 0 Å². The standard InChI is InChI=1S/C15H19NO4S/c1-10-13(5-6-20-10)15(19)16(2)8-12-7-11(9-21-12)3-4-14(17)18/h3-4,7,9-10,13H,5-6,8H2,1-2H3,(H,17,18). The molecule has 5 nitrogen and oxygen atoms in total. The molecule has 1 aliphatic rings. The molecule has 0 saturated carbocycles. The van der Waals surface area contributed by atoms with Gasteiger partial charge in [-0.2, -0.15) is 0 Å². The fraction of sp³-hybridized carbons (Fsp3) is 0.467. The van der Waals surface area contributed by atoms with E-state index < -0.39 is 5.97 Å². The monoisotopic (exact) mass is 309 g/mol. The van der Waals surface area contributed by atoms with Crippen molar-refractivity contribution in [3.05, 3.63) is 28.0 Å². The van der Waals surface area contributed by atoms with Crippen LogP contribution in [0.2, 0.25) is 0 Å². The fourth-order valence-electron chi connectivity index (χ4n) is 2.39. The molecule has 0 radical (unpaired) electrons. The lowest BCUT2D eigenvalue weighted by atomic mass is 10.0. The molecule has 0 spiro atoms. The molecule has 1 saturated heterocycles. The average Bonchev–Trinajstić information content (AvgIpc) is 3.04. The highest BCUT2D eigenvalue weighted by molar-refractivity contribution is 7.10. The first kappa shape index (κ1) is 15.7. The number of rotatable bonds is 5. The van der Waals surface area contributed by atoms with Crippen molar-refractivity contribution in [1.82, 2.24) is 4.90 Å². The second kappa shape index (κ2) is 6.87. The van der Waals surface area contributed by atoms with Crippen LogP contribution in [0.25, 0.3) is 6.08 Å². The summed E-state index contributed by atoms with van der Waals surface area (Å²) in [6, 6.07) is 1.91. The first-order valence-electron chi connectivity index (χ1n) is 6.82. The number of carbonyl (C=O) groups is 2. The van der Waals surface area contributed by atoms with Crippen molar-refractivity contribution in [2.75, 3.05) is 13.7 Å². The summed E-state index contributed by atoms with van der Waals surface area (Å²) in [5, 5.41) is 10.5. The summed E-state index contributed by atoms with van der Waals surface area (Å²) in [4.78, 5) is 25.6. The van der Waals surface area contributed by atoms with Gasteiger partial charge in [0, 0.05) is 24.6 Å². The van der Waals surface area contributed by atoms with Gasteiger partial charge in [0.25, 0.3) is 0 Å². The van der Waals surface area contributed by atoms with Gasteiger partial charge in [-0.3, -0.25) is 4.79 Å². The topological polar surface area (TPSA) is 66.8 Å². The maximum atomic E-state index is 12.3. The van der Waals surface area contributed by atoms with Crippen LogP contribution in [0, 0.1) is 5.92 Å². The molecule has 2 heterocycles. The maximum Gasteiger partial charge on any atom is 0.328 e. The third kappa shape index (κ3) is 4.15. The van der Waals surface area contributed by atoms with Crippen molar-refractivity contribution in [2.45, 2.75) is 26.0 Å². The third-order valence-corrected chi connectivity index (χ3v) is 4.49. The molecule has 21 heavy (non-hydrogen) atoms. The molecule has 2 atom stereocenters. The number of carboxylic acid groups (broad SMARTS) is 1. The molecule has 1 N–H and O–H groups in total. The Morgan fingerprint density at radius 2 is 2.33 bits per heavy atom. The Bertz CT molecular complexity index is 552. The first-order chi connectivity index (χ1) is 9.97. The molecular weight excluding hydrogens is 290 g/mol. The Morgan fingerprint density at radius 1 is 1.57 bits per heavy atom. The zero-order valence-corrected chi connectivity index (χ0v) is 12.9. The van der Waals surface area contributed by atoms with Gasteiger partial charge in [0.2, 0.25) is 5.91 Å². The molecule has 6 heteroatoms. The lowest BCUT2D eigenvalue weighted by Gasteiger charge is -2.22. The summed E-state index contributed by atoms with van der Waals surface area (Å²) in [7, 11) is 1.79. The zero-order chi connectivity index (χ0) is 15.4. The van der Waals surface area contributed by atoms with Crippen molar-refractivity contribution < 1.29 is 19.4 Å². The van der Waals surface area contributed by atoms with Crippen molar-refractivity contribution in [3.8, 4) is 0 Å². The Hall–Kier alpha value is -1.66. The Morgan fingerprint density at radius 3 is 2.95 bits per heavy atom. The Balaban J connectivity index is 1.94. The number of carboxylic acids is 1. The van der Waals surface area contributed by atoms with E-state index in [0.717, 1.165) is 22.9 Å². The third-order valence-electron chi connectivity index (χ3n) is 3.56. The van der Waals surface area contributed by atoms with Gasteiger partial charge in [0.15, 0.2) is 0 Å². The molecular formula is C15H19NO4S. The minimum atomic E-state index is -0.967. The van der Waals surface area contributed by atoms with Crippen LogP contribution < -0.4 is 0 Å². The second-order valence-corrected chi connectivity index (χ2v) is 6.18. The van der Waals surface area contributed by atoms with Crippen molar-refractivity contribution in [1.29, 1.82) is 0 Å². The molecule has 2 rings (SSSR count). The minimum absolute atomic E-state index is 0.0163. The molecule has 1 amide bonds. The maximum absolute atomic E-state index is 12.3. The lowest BCUT2D eigenvalue weighted by molar-refractivity contribution is -0.136. The fourth-order valence-corrected chi connectivity index (χ4v) is 3.29. The smallest absolute Gasteiger partial charge is 0.328 e. The number of nitrogens with zero attached hydrogens (tertiary/aromatic N) is 1. The summed E-state index contributed by atoms with van der Waals surface area (Å²) in [5.41, 5.74) is 0.843. The normalized spacial score (nSPS) is 21.8. The predicted octanol–water partition coefficient (Wildman–Crippen LogP) is 2.23. The second-order valence-electron chi connectivity index (χ2n) is 5.18. The SMILES string of the molecule is CC1OCCC1C(=O)N(C)Cc1cc(C=CC(=O)O)cs1. The van der Waals surface area contributed by atoms with Crippen LogP contribution in [0.15, 0.2) is 17.5 Å². The molecule has 1 aromatic heterocycles. The van der Waals surface area contributed by atoms with Crippen molar-refractivity contribution in [3.63, 3.8) is 0 Å². The van der Waals surface area contributed by atoms with E-state index in [1.165, 1.54) is 11.3 Å². The molecule has 0 aliphatic carbocycles.